The second-order valence-electron chi connectivity index (χ2n) is 7.48. The van der Waals surface area contributed by atoms with Gasteiger partial charge in [0.1, 0.15) is 5.69 Å². The number of aromatic nitrogens is 2. The molecule has 0 spiro atoms. The molecule has 1 amide bonds. The van der Waals surface area contributed by atoms with Gasteiger partial charge in [-0.15, -0.1) is 0 Å². The second kappa shape index (κ2) is 7.55. The average Bonchev–Trinajstić information content (AvgIpc) is 3.36. The number of benzene rings is 3. The van der Waals surface area contributed by atoms with Gasteiger partial charge in [-0.3, -0.25) is 9.48 Å². The molecule has 0 saturated heterocycles. The lowest BCUT2D eigenvalue weighted by molar-refractivity contribution is -0.118. The van der Waals surface area contributed by atoms with Crippen LogP contribution in [0.4, 0.5) is 5.69 Å². The van der Waals surface area contributed by atoms with Crippen LogP contribution in [0.1, 0.15) is 18.4 Å². The predicted molar refractivity (Wildman–Crippen MR) is 117 cm³/mol. The number of carbonyl (C=O) groups excluding carboxylic acids is 1. The molecule has 4 heteroatoms. The maximum Gasteiger partial charge on any atom is 0.227 e. The number of carbonyl (C=O) groups is 1. The molecule has 29 heavy (non-hydrogen) atoms. The minimum atomic E-state index is 0.203. The molecule has 1 aliphatic heterocycles. The van der Waals surface area contributed by atoms with E-state index in [2.05, 4.69) is 36.4 Å². The largest absolute Gasteiger partial charge is 0.312 e. The van der Waals surface area contributed by atoms with Gasteiger partial charge in [-0.1, -0.05) is 66.7 Å². The Bertz CT molecular complexity index is 1160. The van der Waals surface area contributed by atoms with Crippen molar-refractivity contribution in [2.75, 3.05) is 11.4 Å². The fraction of sp³-hybridized carbons (Fsp3) is 0.200. The lowest BCUT2D eigenvalue weighted by Crippen LogP contribution is -2.28. The van der Waals surface area contributed by atoms with Crippen LogP contribution in [-0.4, -0.2) is 22.2 Å². The van der Waals surface area contributed by atoms with Crippen molar-refractivity contribution in [2.24, 2.45) is 0 Å². The maximum absolute atomic E-state index is 12.8. The zero-order chi connectivity index (χ0) is 19.6. The molecule has 4 nitrogen and oxygen atoms in total. The third-order valence-corrected chi connectivity index (χ3v) is 5.65. The third kappa shape index (κ3) is 3.31. The number of rotatable bonds is 5. The normalized spacial score (nSPS) is 13.0. The molecular formula is C25H23N3O. The molecule has 0 fully saturated rings. The molecule has 0 aliphatic carbocycles. The summed E-state index contributed by atoms with van der Waals surface area (Å²) < 4.78 is 2.04. The summed E-state index contributed by atoms with van der Waals surface area (Å²) in [6.45, 7) is 1.52. The van der Waals surface area contributed by atoms with Crippen molar-refractivity contribution in [2.45, 2.75) is 25.8 Å². The maximum atomic E-state index is 12.8. The van der Waals surface area contributed by atoms with Gasteiger partial charge in [0.05, 0.1) is 5.52 Å². The van der Waals surface area contributed by atoms with Gasteiger partial charge < -0.3 is 4.90 Å². The molecule has 1 aromatic heterocycles. The Labute approximate surface area is 170 Å². The number of aryl methyl sites for hydroxylation is 1. The first kappa shape index (κ1) is 17.7. The fourth-order valence-electron chi connectivity index (χ4n) is 4.22. The van der Waals surface area contributed by atoms with Crippen molar-refractivity contribution in [1.29, 1.82) is 0 Å². The van der Waals surface area contributed by atoms with Crippen molar-refractivity contribution in [3.05, 3.63) is 84.4 Å². The monoisotopic (exact) mass is 381 g/mol. The number of hydrogen-bond donors (Lipinski definition) is 0. The number of para-hydroxylation sites is 2. The summed E-state index contributed by atoms with van der Waals surface area (Å²) in [6, 6.07) is 26.8. The van der Waals surface area contributed by atoms with Crippen molar-refractivity contribution >= 4 is 22.5 Å². The van der Waals surface area contributed by atoms with E-state index < -0.39 is 0 Å². The van der Waals surface area contributed by atoms with E-state index in [-0.39, 0.29) is 5.91 Å². The van der Waals surface area contributed by atoms with Crippen LogP contribution < -0.4 is 4.90 Å². The molecule has 5 rings (SSSR count). The Morgan fingerprint density at radius 1 is 0.897 bits per heavy atom. The molecule has 4 aromatic rings. The van der Waals surface area contributed by atoms with Crippen molar-refractivity contribution in [1.82, 2.24) is 9.78 Å². The summed E-state index contributed by atoms with van der Waals surface area (Å²) in [6.07, 6.45) is 2.26. The van der Waals surface area contributed by atoms with E-state index in [1.54, 1.807) is 0 Å². The third-order valence-electron chi connectivity index (χ3n) is 5.65. The number of hydrogen-bond acceptors (Lipinski definition) is 2. The Balaban J connectivity index is 1.32. The molecule has 144 valence electrons. The van der Waals surface area contributed by atoms with Crippen LogP contribution in [0.5, 0.6) is 0 Å². The topological polar surface area (TPSA) is 38.1 Å². The van der Waals surface area contributed by atoms with E-state index in [1.165, 1.54) is 5.56 Å². The van der Waals surface area contributed by atoms with Gasteiger partial charge in [-0.25, -0.2) is 0 Å². The summed E-state index contributed by atoms with van der Waals surface area (Å²) in [5.41, 5.74) is 5.58. The van der Waals surface area contributed by atoms with Crippen LogP contribution >= 0.6 is 0 Å². The molecule has 3 aromatic carbocycles. The van der Waals surface area contributed by atoms with E-state index in [0.29, 0.717) is 6.42 Å². The van der Waals surface area contributed by atoms with Gasteiger partial charge >= 0.3 is 0 Å². The molecule has 0 saturated carbocycles. The van der Waals surface area contributed by atoms with E-state index in [4.69, 9.17) is 5.10 Å². The highest BCUT2D eigenvalue weighted by atomic mass is 16.2. The molecule has 0 bridgehead atoms. The van der Waals surface area contributed by atoms with Crippen LogP contribution in [0.3, 0.4) is 0 Å². The Kier molecular flexibility index (Phi) is 4.60. The summed E-state index contributed by atoms with van der Waals surface area (Å²) in [4.78, 5) is 14.7. The highest BCUT2D eigenvalue weighted by molar-refractivity contribution is 5.95. The van der Waals surface area contributed by atoms with Crippen molar-refractivity contribution in [3.63, 3.8) is 0 Å². The first-order valence-electron chi connectivity index (χ1n) is 10.2. The van der Waals surface area contributed by atoms with Gasteiger partial charge in [-0.05, 0) is 30.5 Å². The van der Waals surface area contributed by atoms with Crippen molar-refractivity contribution < 1.29 is 4.79 Å². The van der Waals surface area contributed by atoms with Gasteiger partial charge in [0, 0.05) is 36.1 Å². The molecule has 1 aliphatic rings. The van der Waals surface area contributed by atoms with Crippen LogP contribution in [0.2, 0.25) is 0 Å². The number of amides is 1. The Morgan fingerprint density at radius 3 is 2.55 bits per heavy atom. The average molecular weight is 381 g/mol. The molecule has 0 radical (unpaired) electrons. The summed E-state index contributed by atoms with van der Waals surface area (Å²) >= 11 is 0. The van der Waals surface area contributed by atoms with E-state index >= 15 is 0 Å². The van der Waals surface area contributed by atoms with Crippen molar-refractivity contribution in [3.8, 4) is 11.3 Å². The number of fused-ring (bicyclic) bond motifs is 2. The molecule has 0 N–H and O–H groups in total. The Morgan fingerprint density at radius 2 is 1.66 bits per heavy atom. The standard InChI is InChI=1S/C25H23N3O/c29-24(27-18-16-19-9-4-6-13-22(19)27)15-8-17-28-23-14-7-5-12-21(23)25(26-28)20-10-2-1-3-11-20/h1-7,9-14H,8,15-18H2. The lowest BCUT2D eigenvalue weighted by Gasteiger charge is -2.17. The van der Waals surface area contributed by atoms with Crippen LogP contribution in [0, 0.1) is 0 Å². The fourth-order valence-corrected chi connectivity index (χ4v) is 4.22. The lowest BCUT2D eigenvalue weighted by atomic mass is 10.1. The quantitative estimate of drug-likeness (QED) is 0.484. The second-order valence-corrected chi connectivity index (χ2v) is 7.48. The highest BCUT2D eigenvalue weighted by Crippen LogP contribution is 2.29. The molecule has 0 unspecified atom stereocenters. The molecule has 0 atom stereocenters. The van der Waals surface area contributed by atoms with Gasteiger partial charge in [0.15, 0.2) is 0 Å². The van der Waals surface area contributed by atoms with E-state index in [9.17, 15) is 4.79 Å². The molecular weight excluding hydrogens is 358 g/mol. The Hall–Kier alpha value is -3.40. The zero-order valence-electron chi connectivity index (χ0n) is 16.3. The first-order valence-corrected chi connectivity index (χ1v) is 10.2. The van der Waals surface area contributed by atoms with Gasteiger partial charge in [0.25, 0.3) is 0 Å². The van der Waals surface area contributed by atoms with E-state index in [0.717, 1.165) is 53.8 Å². The summed E-state index contributed by atoms with van der Waals surface area (Å²) in [5, 5.41) is 6.03. The smallest absolute Gasteiger partial charge is 0.227 e. The number of nitrogens with zero attached hydrogens (tertiary/aromatic N) is 3. The molecule has 2 heterocycles. The minimum absolute atomic E-state index is 0.203. The summed E-state index contributed by atoms with van der Waals surface area (Å²) in [5.74, 6) is 0.203. The first-order chi connectivity index (χ1) is 14.3. The minimum Gasteiger partial charge on any atom is -0.312 e. The van der Waals surface area contributed by atoms with Gasteiger partial charge in [-0.2, -0.15) is 5.10 Å². The van der Waals surface area contributed by atoms with Crippen LogP contribution in [0.25, 0.3) is 22.2 Å². The van der Waals surface area contributed by atoms with Gasteiger partial charge in [0.2, 0.25) is 5.91 Å². The van der Waals surface area contributed by atoms with Crippen LogP contribution in [-0.2, 0) is 17.8 Å². The highest BCUT2D eigenvalue weighted by Gasteiger charge is 2.23. The number of anilines is 1. The van der Waals surface area contributed by atoms with Crippen LogP contribution in [0.15, 0.2) is 78.9 Å². The SMILES string of the molecule is O=C(CCCn1nc(-c2ccccc2)c2ccccc21)N1CCc2ccccc21. The zero-order valence-corrected chi connectivity index (χ0v) is 16.3. The summed E-state index contributed by atoms with van der Waals surface area (Å²) in [7, 11) is 0. The van der Waals surface area contributed by atoms with E-state index in [1.807, 2.05) is 52.0 Å². The predicted octanol–water partition coefficient (Wildman–Crippen LogP) is 5.07.